The summed E-state index contributed by atoms with van der Waals surface area (Å²) in [5.74, 6) is -11.2. The zero-order chi connectivity index (χ0) is 67.5. The maximum atomic E-state index is 14.7. The molecular weight excluding hydrogens is 1240 g/mol. The molecule has 0 spiro atoms. The summed E-state index contributed by atoms with van der Waals surface area (Å²) >= 11 is 8.33. The monoisotopic (exact) mass is 1320 g/mol. The largest absolute Gasteiger partial charge is 0.406 e. The first kappa shape index (κ1) is 76.4. The molecule has 0 aliphatic rings. The number of alkyl halides is 6. The molecule has 90 heavy (non-hydrogen) atoms. The number of fused-ring (bicyclic) bond motifs is 1. The van der Waals surface area contributed by atoms with Crippen LogP contribution < -0.4 is 65.1 Å². The molecule has 3 rings (SSSR count). The van der Waals surface area contributed by atoms with Gasteiger partial charge >= 0.3 is 12.4 Å². The number of guanidine groups is 1. The molecular formula is C55H79F6N15O12S2. The summed E-state index contributed by atoms with van der Waals surface area (Å²) in [5.41, 5.74) is 18.2. The SMILES string of the molecule is CC(=O)N[C@@H](CCCCN=C(N)N(CC(F)(F)F)CC(F)(F)F)C(=O)NCC(=O)N[C@@H](CS)C(=O)N[C@@H](Cc1ccccc1)C(=O)N[C@H](Cc1c[nH]c2ccccc12)C(=O)N[C@@H](CCCCN)C(=O)N[C@H](C(=O)N[C@@H](CS)C(=O)N[C@H](C(N)=O)[C@@H](C)O)[C@@H](C)O. The maximum Gasteiger partial charge on any atom is 0.406 e. The molecule has 0 saturated carbocycles. The number of aliphatic hydroxyl groups excluding tert-OH is 2. The van der Waals surface area contributed by atoms with Crippen LogP contribution in [0.2, 0.25) is 0 Å². The highest BCUT2D eigenvalue weighted by Gasteiger charge is 2.39. The fourth-order valence-electron chi connectivity index (χ4n) is 8.81. The number of para-hydroxylation sites is 1. The molecule has 1 heterocycles. The van der Waals surface area contributed by atoms with Crippen molar-refractivity contribution in [1.29, 1.82) is 0 Å². The molecule has 2 aromatic carbocycles. The van der Waals surface area contributed by atoms with Gasteiger partial charge in [0.2, 0.25) is 59.1 Å². The lowest BCUT2D eigenvalue weighted by atomic mass is 10.0. The zero-order valence-corrected chi connectivity index (χ0v) is 51.2. The number of thiol groups is 2. The number of primary amides is 1. The van der Waals surface area contributed by atoms with E-state index in [9.17, 15) is 84.5 Å². The summed E-state index contributed by atoms with van der Waals surface area (Å²) in [7, 11) is 0. The molecule has 0 saturated heterocycles. The van der Waals surface area contributed by atoms with Gasteiger partial charge in [0.1, 0.15) is 61.4 Å². The molecule has 3 aromatic rings. The number of hydrogen-bond donors (Lipinski definition) is 17. The molecule has 10 amide bonds. The van der Waals surface area contributed by atoms with E-state index in [1.165, 1.54) is 6.92 Å². The average Bonchev–Trinajstić information content (AvgIpc) is 2.70. The van der Waals surface area contributed by atoms with Crippen LogP contribution in [0.4, 0.5) is 26.3 Å². The van der Waals surface area contributed by atoms with Crippen LogP contribution in [-0.4, -0.2) is 202 Å². The second-order valence-electron chi connectivity index (χ2n) is 20.9. The number of carbonyl (C=O) groups excluding carboxylic acids is 10. The lowest BCUT2D eigenvalue weighted by Gasteiger charge is -2.28. The number of aromatic nitrogens is 1. The van der Waals surface area contributed by atoms with E-state index in [2.05, 4.69) is 83.1 Å². The lowest BCUT2D eigenvalue weighted by Crippen LogP contribution is -2.62. The van der Waals surface area contributed by atoms with Gasteiger partial charge in [0.05, 0.1) is 18.8 Å². The van der Waals surface area contributed by atoms with E-state index < -0.39 is 158 Å². The van der Waals surface area contributed by atoms with Crippen LogP contribution in [0.1, 0.15) is 70.4 Å². The number of nitrogens with one attached hydrogen (secondary N) is 10. The Balaban J connectivity index is 1.86. The van der Waals surface area contributed by atoms with E-state index in [0.717, 1.165) is 13.8 Å². The molecule has 0 fully saturated rings. The summed E-state index contributed by atoms with van der Waals surface area (Å²) in [6.45, 7) is -1.56. The fourth-order valence-corrected chi connectivity index (χ4v) is 9.33. The summed E-state index contributed by atoms with van der Waals surface area (Å²) < 4.78 is 77.7. The Morgan fingerprint density at radius 1 is 0.589 bits per heavy atom. The number of aromatic amines is 1. The predicted octanol–water partition coefficient (Wildman–Crippen LogP) is -1.89. The Morgan fingerprint density at radius 2 is 1.07 bits per heavy atom. The second-order valence-corrected chi connectivity index (χ2v) is 21.6. The Bertz CT molecular complexity index is 2910. The highest BCUT2D eigenvalue weighted by molar-refractivity contribution is 7.80. The first-order chi connectivity index (χ1) is 42.3. The van der Waals surface area contributed by atoms with Crippen LogP contribution in [-0.2, 0) is 60.8 Å². The van der Waals surface area contributed by atoms with Crippen molar-refractivity contribution in [2.45, 2.75) is 145 Å². The van der Waals surface area contributed by atoms with Gasteiger partial charge in [-0.05, 0) is 76.1 Å². The zero-order valence-electron chi connectivity index (χ0n) is 49.4. The van der Waals surface area contributed by atoms with Crippen molar-refractivity contribution in [3.8, 4) is 0 Å². The summed E-state index contributed by atoms with van der Waals surface area (Å²) in [6, 6.07) is 3.24. The molecule has 10 atom stereocenters. The quantitative estimate of drug-likeness (QED) is 0.00988. The first-order valence-corrected chi connectivity index (χ1v) is 29.5. The third kappa shape index (κ3) is 27.1. The van der Waals surface area contributed by atoms with Gasteiger partial charge in [-0.15, -0.1) is 0 Å². The number of benzene rings is 2. The third-order valence-corrected chi connectivity index (χ3v) is 14.1. The Labute approximate surface area is 524 Å². The van der Waals surface area contributed by atoms with Crippen LogP contribution in [0, 0.1) is 0 Å². The van der Waals surface area contributed by atoms with Crippen LogP contribution in [0.5, 0.6) is 0 Å². The van der Waals surface area contributed by atoms with Crippen molar-refractivity contribution >= 4 is 101 Å². The molecule has 500 valence electrons. The van der Waals surface area contributed by atoms with E-state index in [0.29, 0.717) is 28.5 Å². The molecule has 27 nitrogen and oxygen atoms in total. The fraction of sp³-hybridized carbons (Fsp3) is 0.545. The smallest absolute Gasteiger partial charge is 0.391 e. The number of aliphatic hydroxyl groups is 2. The van der Waals surface area contributed by atoms with Gasteiger partial charge in [-0.2, -0.15) is 51.6 Å². The van der Waals surface area contributed by atoms with Gasteiger partial charge in [0.25, 0.3) is 0 Å². The number of H-pyrrole nitrogens is 1. The number of rotatable bonds is 37. The number of halogens is 6. The van der Waals surface area contributed by atoms with Crippen molar-refractivity contribution in [3.63, 3.8) is 0 Å². The van der Waals surface area contributed by atoms with Crippen molar-refractivity contribution in [1.82, 2.24) is 57.7 Å². The van der Waals surface area contributed by atoms with E-state index in [-0.39, 0.29) is 74.4 Å². The molecule has 0 unspecified atom stereocenters. The van der Waals surface area contributed by atoms with Crippen molar-refractivity contribution in [3.05, 3.63) is 71.9 Å². The van der Waals surface area contributed by atoms with E-state index in [4.69, 9.17) is 17.2 Å². The van der Waals surface area contributed by atoms with Crippen molar-refractivity contribution in [2.75, 3.05) is 44.2 Å². The van der Waals surface area contributed by atoms with Crippen LogP contribution >= 0.6 is 25.3 Å². The van der Waals surface area contributed by atoms with E-state index >= 15 is 0 Å². The predicted molar refractivity (Wildman–Crippen MR) is 323 cm³/mol. The van der Waals surface area contributed by atoms with Gasteiger partial charge in [-0.3, -0.25) is 52.9 Å². The summed E-state index contributed by atoms with van der Waals surface area (Å²) in [6.07, 6.45) is -11.5. The van der Waals surface area contributed by atoms with Crippen molar-refractivity contribution < 1.29 is 84.5 Å². The Kier molecular flexibility index (Phi) is 31.7. The van der Waals surface area contributed by atoms with Crippen LogP contribution in [0.3, 0.4) is 0 Å². The molecule has 0 radical (unpaired) electrons. The Morgan fingerprint density at radius 3 is 1.61 bits per heavy atom. The number of nitrogens with zero attached hydrogens (tertiary/aromatic N) is 2. The minimum atomic E-state index is -5.03. The molecule has 1 aromatic heterocycles. The van der Waals surface area contributed by atoms with Gasteiger partial charge in [-0.25, -0.2) is 0 Å². The highest BCUT2D eigenvalue weighted by atomic mass is 32.1. The molecule has 0 bridgehead atoms. The molecule has 18 N–H and O–H groups in total. The number of carbonyl (C=O) groups is 10. The topological polar surface area (TPSA) is 429 Å². The molecule has 0 aliphatic heterocycles. The maximum absolute atomic E-state index is 14.7. The number of amides is 10. The number of nitrogens with two attached hydrogens (primary N) is 3. The lowest BCUT2D eigenvalue weighted by molar-refractivity contribution is -0.168. The normalized spacial score (nSPS) is 15.2. The summed E-state index contributed by atoms with van der Waals surface area (Å²) in [5, 5.41) is 43.4. The van der Waals surface area contributed by atoms with Crippen LogP contribution in [0.25, 0.3) is 10.9 Å². The van der Waals surface area contributed by atoms with Gasteiger partial charge in [-0.1, -0.05) is 48.5 Å². The molecule has 35 heteroatoms. The van der Waals surface area contributed by atoms with Gasteiger partial charge < -0.3 is 85.1 Å². The van der Waals surface area contributed by atoms with Gasteiger partial charge in [0, 0.05) is 54.9 Å². The minimum absolute atomic E-state index is 0.0122. The first-order valence-electron chi connectivity index (χ1n) is 28.3. The van der Waals surface area contributed by atoms with Crippen molar-refractivity contribution in [2.24, 2.45) is 22.2 Å². The number of unbranched alkanes of at least 4 members (excludes halogenated alkanes) is 2. The highest BCUT2D eigenvalue weighted by Crippen LogP contribution is 2.23. The second kappa shape index (κ2) is 37.3. The third-order valence-electron chi connectivity index (χ3n) is 13.4. The van der Waals surface area contributed by atoms with E-state index in [1.54, 1.807) is 60.8 Å². The van der Waals surface area contributed by atoms with Gasteiger partial charge in [0.15, 0.2) is 5.96 Å². The summed E-state index contributed by atoms with van der Waals surface area (Å²) in [4.78, 5) is 141. The van der Waals surface area contributed by atoms with E-state index in [1.807, 2.05) is 0 Å². The average molecular weight is 1320 g/mol. The Hall–Kier alpha value is -7.89. The molecule has 0 aliphatic carbocycles. The number of aliphatic imine (C=N–C) groups is 1. The minimum Gasteiger partial charge on any atom is -0.391 e. The number of hydrogen-bond acceptors (Lipinski definition) is 16. The van der Waals surface area contributed by atoms with Crippen LogP contribution in [0.15, 0.2) is 65.8 Å². The standard InChI is InChI=1S/C55H79F6N15O12S2/c1-29(77)43(45(63)81)74-51(87)41(26-90)73-52(88)44(30(2)78)75-47(83)37(17-9-11-19-62)70-49(85)39(22-33-23-66-35-16-8-7-15-34(33)35)72-48(84)38(21-32-13-5-4-6-14-32)71-50(86)40(25-89)69-42(80)24-67-46(82)36(68-31(3)79)18-10-12-20-65-53(64)76(27-54(56,57)58)28-55(59,60)61/h4-8,13-16,23,29-30,36-41,43-44,66,77-78,89-90H,9-12,17-22,24-28,62H2,1-3H3,(H2,63,81)(H2,64,65)(H,67,82)(H,68,79)(H,69,80)(H,70,85)(H,71,86)(H,72,84)(H,73,88)(H,74,87)(H,75,83)/t29-,30-,36+,37+,38+,39-,40+,41+,43+,44+/m1/s1.